The first-order chi connectivity index (χ1) is 9.09. The Morgan fingerprint density at radius 1 is 1.00 bits per heavy atom. The highest BCUT2D eigenvalue weighted by molar-refractivity contribution is 5.99. The van der Waals surface area contributed by atoms with Crippen molar-refractivity contribution in [2.45, 2.75) is 6.10 Å². The normalized spacial score (nSPS) is 11.9. The predicted molar refractivity (Wildman–Crippen MR) is 76.5 cm³/mol. The number of rotatable bonds is 4. The molecule has 3 nitrogen and oxygen atoms in total. The van der Waals surface area contributed by atoms with Gasteiger partial charge in [-0.2, -0.15) is 0 Å². The largest absolute Gasteiger partial charge is 0.380 e. The third-order valence-electron chi connectivity index (χ3n) is 3.03. The van der Waals surface area contributed by atoms with Gasteiger partial charge in [0.1, 0.15) is 6.10 Å². The zero-order valence-corrected chi connectivity index (χ0v) is 11.1. The summed E-state index contributed by atoms with van der Waals surface area (Å²) < 4.78 is 0. The molecule has 0 saturated carbocycles. The van der Waals surface area contributed by atoms with Crippen LogP contribution in [0.2, 0.25) is 0 Å². The van der Waals surface area contributed by atoms with E-state index >= 15 is 0 Å². The SMILES string of the molecule is CN(C)c1ccc([C@@H](O)C(=O)c2ccccc2)cc1. The summed E-state index contributed by atoms with van der Waals surface area (Å²) in [6, 6.07) is 16.2. The maximum absolute atomic E-state index is 12.1. The van der Waals surface area contributed by atoms with E-state index in [1.54, 1.807) is 36.4 Å². The van der Waals surface area contributed by atoms with Crippen molar-refractivity contribution in [3.63, 3.8) is 0 Å². The van der Waals surface area contributed by atoms with Gasteiger partial charge in [0.25, 0.3) is 0 Å². The third kappa shape index (κ3) is 3.01. The van der Waals surface area contributed by atoms with Crippen molar-refractivity contribution in [2.24, 2.45) is 0 Å². The highest BCUT2D eigenvalue weighted by Gasteiger charge is 2.18. The molecule has 1 atom stereocenters. The van der Waals surface area contributed by atoms with Gasteiger partial charge in [-0.1, -0.05) is 42.5 Å². The molecule has 0 aromatic heterocycles. The molecule has 98 valence electrons. The predicted octanol–water partition coefficient (Wildman–Crippen LogP) is 2.67. The van der Waals surface area contributed by atoms with Crippen LogP contribution in [0.4, 0.5) is 5.69 Å². The van der Waals surface area contributed by atoms with Crippen molar-refractivity contribution in [1.82, 2.24) is 0 Å². The number of aliphatic hydroxyl groups is 1. The topological polar surface area (TPSA) is 40.5 Å². The first-order valence-electron chi connectivity index (χ1n) is 6.14. The second-order valence-electron chi connectivity index (χ2n) is 4.62. The number of hydrogen-bond donors (Lipinski definition) is 1. The molecule has 0 bridgehead atoms. The molecule has 2 aromatic carbocycles. The van der Waals surface area contributed by atoms with Crippen molar-refractivity contribution in [2.75, 3.05) is 19.0 Å². The van der Waals surface area contributed by atoms with E-state index in [0.29, 0.717) is 11.1 Å². The molecule has 0 heterocycles. The minimum Gasteiger partial charge on any atom is -0.380 e. The molecule has 3 heteroatoms. The molecule has 0 fully saturated rings. The van der Waals surface area contributed by atoms with Gasteiger partial charge in [-0.15, -0.1) is 0 Å². The van der Waals surface area contributed by atoms with Crippen molar-refractivity contribution >= 4 is 11.5 Å². The maximum atomic E-state index is 12.1. The molecule has 0 aliphatic heterocycles. The van der Waals surface area contributed by atoms with Gasteiger partial charge < -0.3 is 10.0 Å². The Morgan fingerprint density at radius 2 is 1.58 bits per heavy atom. The Balaban J connectivity index is 2.20. The summed E-state index contributed by atoms with van der Waals surface area (Å²) in [6.07, 6.45) is -1.11. The lowest BCUT2D eigenvalue weighted by Crippen LogP contribution is -2.13. The van der Waals surface area contributed by atoms with E-state index in [2.05, 4.69) is 0 Å². The van der Waals surface area contributed by atoms with Gasteiger partial charge in [0.05, 0.1) is 0 Å². The number of Topliss-reactive ketones (excluding diaryl/α,β-unsaturated/α-hetero) is 1. The minimum absolute atomic E-state index is 0.279. The molecule has 0 unspecified atom stereocenters. The van der Waals surface area contributed by atoms with Crippen LogP contribution < -0.4 is 4.90 Å². The van der Waals surface area contributed by atoms with Crippen molar-refractivity contribution in [1.29, 1.82) is 0 Å². The van der Waals surface area contributed by atoms with Gasteiger partial charge in [0, 0.05) is 25.3 Å². The fraction of sp³-hybridized carbons (Fsp3) is 0.188. The lowest BCUT2D eigenvalue weighted by atomic mass is 10.00. The number of aliphatic hydroxyl groups excluding tert-OH is 1. The Morgan fingerprint density at radius 3 is 2.11 bits per heavy atom. The van der Waals surface area contributed by atoms with E-state index in [9.17, 15) is 9.90 Å². The van der Waals surface area contributed by atoms with Crippen LogP contribution in [0.3, 0.4) is 0 Å². The van der Waals surface area contributed by atoms with Crippen molar-refractivity contribution in [3.05, 3.63) is 65.7 Å². The van der Waals surface area contributed by atoms with Gasteiger partial charge in [-0.05, 0) is 17.7 Å². The van der Waals surface area contributed by atoms with Gasteiger partial charge in [0.2, 0.25) is 0 Å². The first kappa shape index (κ1) is 13.3. The Bertz CT molecular complexity index is 547. The van der Waals surface area contributed by atoms with Crippen LogP contribution in [0.1, 0.15) is 22.0 Å². The van der Waals surface area contributed by atoms with Crippen LogP contribution in [0.5, 0.6) is 0 Å². The van der Waals surface area contributed by atoms with Gasteiger partial charge in [-0.25, -0.2) is 0 Å². The molecule has 0 amide bonds. The molecule has 0 radical (unpaired) electrons. The standard InChI is InChI=1S/C16H17NO2/c1-17(2)14-10-8-13(9-11-14)16(19)15(18)12-6-4-3-5-7-12/h3-11,16,19H,1-2H3/t16-/m1/s1. The summed E-state index contributed by atoms with van der Waals surface area (Å²) in [6.45, 7) is 0. The fourth-order valence-electron chi connectivity index (χ4n) is 1.87. The summed E-state index contributed by atoms with van der Waals surface area (Å²) in [7, 11) is 3.89. The van der Waals surface area contributed by atoms with E-state index < -0.39 is 6.10 Å². The smallest absolute Gasteiger partial charge is 0.195 e. The van der Waals surface area contributed by atoms with E-state index in [0.717, 1.165) is 5.69 Å². The molecule has 2 aromatic rings. The van der Waals surface area contributed by atoms with E-state index in [1.807, 2.05) is 37.2 Å². The lowest BCUT2D eigenvalue weighted by molar-refractivity contribution is 0.0747. The lowest BCUT2D eigenvalue weighted by Gasteiger charge is -2.14. The highest BCUT2D eigenvalue weighted by atomic mass is 16.3. The number of carbonyl (C=O) groups is 1. The first-order valence-corrected chi connectivity index (χ1v) is 6.14. The van der Waals surface area contributed by atoms with Gasteiger partial charge in [0.15, 0.2) is 5.78 Å². The molecule has 0 aliphatic carbocycles. The average molecular weight is 255 g/mol. The van der Waals surface area contributed by atoms with Gasteiger partial charge in [-0.3, -0.25) is 4.79 Å². The second kappa shape index (κ2) is 5.67. The number of hydrogen-bond acceptors (Lipinski definition) is 3. The summed E-state index contributed by atoms with van der Waals surface area (Å²) >= 11 is 0. The minimum atomic E-state index is -1.11. The van der Waals surface area contributed by atoms with E-state index in [4.69, 9.17) is 0 Å². The molecule has 19 heavy (non-hydrogen) atoms. The second-order valence-corrected chi connectivity index (χ2v) is 4.62. The zero-order chi connectivity index (χ0) is 13.8. The Labute approximate surface area is 113 Å². The number of benzene rings is 2. The molecule has 0 spiro atoms. The molecular formula is C16H17NO2. The highest BCUT2D eigenvalue weighted by Crippen LogP contribution is 2.21. The van der Waals surface area contributed by atoms with Crippen LogP contribution in [0, 0.1) is 0 Å². The van der Waals surface area contributed by atoms with E-state index in [1.165, 1.54) is 0 Å². The van der Waals surface area contributed by atoms with Crippen LogP contribution in [-0.2, 0) is 0 Å². The van der Waals surface area contributed by atoms with Crippen LogP contribution >= 0.6 is 0 Å². The molecule has 0 saturated heterocycles. The zero-order valence-electron chi connectivity index (χ0n) is 11.1. The Kier molecular flexibility index (Phi) is 3.97. The number of carbonyl (C=O) groups excluding carboxylic acids is 1. The van der Waals surface area contributed by atoms with Gasteiger partial charge >= 0.3 is 0 Å². The summed E-state index contributed by atoms with van der Waals surface area (Å²) in [5.41, 5.74) is 2.16. The van der Waals surface area contributed by atoms with Crippen molar-refractivity contribution < 1.29 is 9.90 Å². The van der Waals surface area contributed by atoms with Crippen molar-refractivity contribution in [3.8, 4) is 0 Å². The summed E-state index contributed by atoms with van der Waals surface area (Å²) in [5.74, 6) is -0.279. The number of anilines is 1. The monoisotopic (exact) mass is 255 g/mol. The quantitative estimate of drug-likeness (QED) is 0.854. The number of ketones is 1. The molecule has 0 aliphatic rings. The average Bonchev–Trinajstić information content (AvgIpc) is 2.46. The summed E-state index contributed by atoms with van der Waals surface area (Å²) in [4.78, 5) is 14.1. The molecule has 1 N–H and O–H groups in total. The molecular weight excluding hydrogens is 238 g/mol. The fourth-order valence-corrected chi connectivity index (χ4v) is 1.87. The van der Waals surface area contributed by atoms with Crippen LogP contribution in [0.25, 0.3) is 0 Å². The van der Waals surface area contributed by atoms with Crippen LogP contribution in [-0.4, -0.2) is 25.0 Å². The maximum Gasteiger partial charge on any atom is 0.195 e. The third-order valence-corrected chi connectivity index (χ3v) is 3.03. The van der Waals surface area contributed by atoms with Crippen LogP contribution in [0.15, 0.2) is 54.6 Å². The summed E-state index contributed by atoms with van der Waals surface area (Å²) in [5, 5.41) is 10.1. The van der Waals surface area contributed by atoms with E-state index in [-0.39, 0.29) is 5.78 Å². The molecule has 2 rings (SSSR count). The number of nitrogens with zero attached hydrogens (tertiary/aromatic N) is 1. The Hall–Kier alpha value is -2.13.